The van der Waals surface area contributed by atoms with Crippen molar-refractivity contribution in [2.75, 3.05) is 26.2 Å². The molecule has 2 N–H and O–H groups in total. The molecule has 2 amide bonds. The second kappa shape index (κ2) is 8.05. The van der Waals surface area contributed by atoms with Gasteiger partial charge >= 0.3 is 0 Å². The predicted molar refractivity (Wildman–Crippen MR) is 97.1 cm³/mol. The molecule has 0 aromatic heterocycles. The Hall–Kier alpha value is -0.810. The van der Waals surface area contributed by atoms with E-state index in [9.17, 15) is 9.59 Å². The van der Waals surface area contributed by atoms with Gasteiger partial charge in [0.05, 0.1) is 5.41 Å². The van der Waals surface area contributed by atoms with Crippen molar-refractivity contribution >= 4 is 24.2 Å². The van der Waals surface area contributed by atoms with Gasteiger partial charge in [-0.3, -0.25) is 9.59 Å². The Morgan fingerprint density at radius 2 is 1.88 bits per heavy atom. The fourth-order valence-corrected chi connectivity index (χ4v) is 4.63. The van der Waals surface area contributed by atoms with Gasteiger partial charge in [0, 0.05) is 31.6 Å². The Balaban J connectivity index is 0.00000208. The molecule has 0 aromatic carbocycles. The third-order valence-corrected chi connectivity index (χ3v) is 6.13. The van der Waals surface area contributed by atoms with Crippen LogP contribution >= 0.6 is 12.4 Å². The molecule has 2 saturated heterocycles. The molecule has 138 valence electrons. The van der Waals surface area contributed by atoms with Gasteiger partial charge in [0.2, 0.25) is 11.8 Å². The van der Waals surface area contributed by atoms with E-state index in [2.05, 4.69) is 10.6 Å². The van der Waals surface area contributed by atoms with Crippen LogP contribution in [0.5, 0.6) is 0 Å². The Morgan fingerprint density at radius 3 is 2.54 bits per heavy atom. The van der Waals surface area contributed by atoms with Gasteiger partial charge < -0.3 is 15.5 Å². The Morgan fingerprint density at radius 1 is 1.17 bits per heavy atom. The average molecular weight is 358 g/mol. The third kappa shape index (κ3) is 3.72. The maximum absolute atomic E-state index is 13.0. The second-order valence-corrected chi connectivity index (χ2v) is 7.96. The first kappa shape index (κ1) is 19.5. The summed E-state index contributed by atoms with van der Waals surface area (Å²) < 4.78 is 0. The Labute approximate surface area is 151 Å². The van der Waals surface area contributed by atoms with Crippen molar-refractivity contribution in [1.29, 1.82) is 0 Å². The van der Waals surface area contributed by atoms with Crippen LogP contribution < -0.4 is 10.6 Å². The van der Waals surface area contributed by atoms with E-state index < -0.39 is 0 Å². The lowest BCUT2D eigenvalue weighted by molar-refractivity contribution is -0.137. The van der Waals surface area contributed by atoms with Crippen molar-refractivity contribution in [3.8, 4) is 0 Å². The number of nitrogens with zero attached hydrogens (tertiary/aromatic N) is 1. The molecule has 2 atom stereocenters. The fraction of sp³-hybridized carbons (Fsp3) is 0.889. The molecule has 0 spiro atoms. The number of likely N-dealkylation sites (tertiary alicyclic amines) is 1. The van der Waals surface area contributed by atoms with Crippen LogP contribution in [0.15, 0.2) is 0 Å². The van der Waals surface area contributed by atoms with E-state index in [1.54, 1.807) is 0 Å². The number of hydrogen-bond donors (Lipinski definition) is 2. The zero-order valence-electron chi connectivity index (χ0n) is 15.0. The van der Waals surface area contributed by atoms with Gasteiger partial charge in [-0.25, -0.2) is 0 Å². The van der Waals surface area contributed by atoms with E-state index in [1.807, 2.05) is 18.7 Å². The summed E-state index contributed by atoms with van der Waals surface area (Å²) in [6, 6.07) is 0.233. The molecule has 0 unspecified atom stereocenters. The van der Waals surface area contributed by atoms with Crippen molar-refractivity contribution in [3.05, 3.63) is 0 Å². The first-order valence-corrected chi connectivity index (χ1v) is 9.33. The van der Waals surface area contributed by atoms with E-state index in [1.165, 1.54) is 19.3 Å². The molecule has 3 rings (SSSR count). The second-order valence-electron chi connectivity index (χ2n) is 7.96. The number of carbonyl (C=O) groups excluding carboxylic acids is 2. The highest BCUT2D eigenvalue weighted by atomic mass is 35.5. The third-order valence-electron chi connectivity index (χ3n) is 6.13. The van der Waals surface area contributed by atoms with Crippen molar-refractivity contribution in [2.24, 2.45) is 17.3 Å². The van der Waals surface area contributed by atoms with Gasteiger partial charge in [-0.2, -0.15) is 0 Å². The zero-order chi connectivity index (χ0) is 16.4. The number of halogens is 1. The number of fused-ring (bicyclic) bond motifs is 1. The number of rotatable bonds is 3. The van der Waals surface area contributed by atoms with Crippen molar-refractivity contribution in [1.82, 2.24) is 15.5 Å². The van der Waals surface area contributed by atoms with E-state index in [0.717, 1.165) is 45.4 Å². The molecule has 24 heavy (non-hydrogen) atoms. The molecule has 3 aliphatic rings. The Bertz CT molecular complexity index is 463. The van der Waals surface area contributed by atoms with Gasteiger partial charge in [0.25, 0.3) is 0 Å². The quantitative estimate of drug-likeness (QED) is 0.811. The van der Waals surface area contributed by atoms with E-state index in [0.29, 0.717) is 5.92 Å². The predicted octanol–water partition coefficient (Wildman–Crippen LogP) is 1.95. The van der Waals surface area contributed by atoms with E-state index in [4.69, 9.17) is 0 Å². The van der Waals surface area contributed by atoms with Crippen LogP contribution in [-0.2, 0) is 9.59 Å². The SMILES string of the molecule is CC(C)C(=O)N1CCC(NC(=O)[C@@]23CCCC[C@H]2CNC3)CC1.Cl. The fourth-order valence-electron chi connectivity index (χ4n) is 4.63. The lowest BCUT2D eigenvalue weighted by atomic mass is 9.67. The average Bonchev–Trinajstić information content (AvgIpc) is 3.00. The number of amides is 2. The van der Waals surface area contributed by atoms with Crippen LogP contribution in [0.1, 0.15) is 52.4 Å². The van der Waals surface area contributed by atoms with Crippen molar-refractivity contribution in [3.63, 3.8) is 0 Å². The molecular weight excluding hydrogens is 326 g/mol. The normalized spacial score (nSPS) is 30.6. The minimum Gasteiger partial charge on any atom is -0.353 e. The molecule has 5 nitrogen and oxygen atoms in total. The Kier molecular flexibility index (Phi) is 6.54. The topological polar surface area (TPSA) is 61.4 Å². The molecule has 1 aliphatic carbocycles. The van der Waals surface area contributed by atoms with Crippen LogP contribution in [0.2, 0.25) is 0 Å². The molecule has 2 heterocycles. The van der Waals surface area contributed by atoms with E-state index in [-0.39, 0.29) is 41.6 Å². The minimum absolute atomic E-state index is 0. The largest absolute Gasteiger partial charge is 0.353 e. The summed E-state index contributed by atoms with van der Waals surface area (Å²) >= 11 is 0. The summed E-state index contributed by atoms with van der Waals surface area (Å²) in [6.45, 7) is 7.29. The maximum Gasteiger partial charge on any atom is 0.228 e. The van der Waals surface area contributed by atoms with Crippen LogP contribution in [0.4, 0.5) is 0 Å². The molecular formula is C18H32ClN3O2. The molecule has 2 aliphatic heterocycles. The van der Waals surface area contributed by atoms with Gasteiger partial charge in [-0.05, 0) is 38.1 Å². The molecule has 0 bridgehead atoms. The van der Waals surface area contributed by atoms with Gasteiger partial charge in [0.15, 0.2) is 0 Å². The monoisotopic (exact) mass is 357 g/mol. The van der Waals surface area contributed by atoms with Gasteiger partial charge in [-0.15, -0.1) is 12.4 Å². The summed E-state index contributed by atoms with van der Waals surface area (Å²) in [4.78, 5) is 27.0. The summed E-state index contributed by atoms with van der Waals surface area (Å²) in [5.74, 6) is 1.08. The minimum atomic E-state index is -0.164. The zero-order valence-corrected chi connectivity index (χ0v) is 15.8. The van der Waals surface area contributed by atoms with Crippen LogP contribution in [0, 0.1) is 17.3 Å². The highest BCUT2D eigenvalue weighted by Gasteiger charge is 2.50. The van der Waals surface area contributed by atoms with E-state index >= 15 is 0 Å². The lowest BCUT2D eigenvalue weighted by Crippen LogP contribution is -2.53. The van der Waals surface area contributed by atoms with Crippen LogP contribution in [0.3, 0.4) is 0 Å². The summed E-state index contributed by atoms with van der Waals surface area (Å²) in [5, 5.41) is 6.77. The standard InChI is InChI=1S/C18H31N3O2.ClH/c1-13(2)16(22)21-9-6-15(7-10-21)20-17(23)18-8-4-3-5-14(18)11-19-12-18;/h13-15,19H,3-12H2,1-2H3,(H,20,23);1H/t14-,18+;/m0./s1. The molecule has 1 saturated carbocycles. The summed E-state index contributed by atoms with van der Waals surface area (Å²) in [7, 11) is 0. The lowest BCUT2D eigenvalue weighted by Gasteiger charge is -2.40. The van der Waals surface area contributed by atoms with Crippen molar-refractivity contribution < 1.29 is 9.59 Å². The first-order chi connectivity index (χ1) is 11.0. The smallest absolute Gasteiger partial charge is 0.228 e. The molecule has 3 fully saturated rings. The number of piperidine rings is 1. The van der Waals surface area contributed by atoms with Crippen LogP contribution in [0.25, 0.3) is 0 Å². The molecule has 6 heteroatoms. The highest BCUT2D eigenvalue weighted by molar-refractivity contribution is 5.85. The van der Waals surface area contributed by atoms with Gasteiger partial charge in [-0.1, -0.05) is 26.7 Å². The molecule has 0 radical (unpaired) electrons. The first-order valence-electron chi connectivity index (χ1n) is 9.33. The van der Waals surface area contributed by atoms with Crippen molar-refractivity contribution in [2.45, 2.75) is 58.4 Å². The summed E-state index contributed by atoms with van der Waals surface area (Å²) in [6.07, 6.45) is 6.42. The summed E-state index contributed by atoms with van der Waals surface area (Å²) in [5.41, 5.74) is -0.164. The number of hydrogen-bond acceptors (Lipinski definition) is 3. The molecule has 0 aromatic rings. The maximum atomic E-state index is 13.0. The number of carbonyl (C=O) groups is 2. The van der Waals surface area contributed by atoms with Crippen LogP contribution in [-0.4, -0.2) is 48.9 Å². The van der Waals surface area contributed by atoms with Gasteiger partial charge in [0.1, 0.15) is 0 Å². The highest BCUT2D eigenvalue weighted by Crippen LogP contribution is 2.44. The number of nitrogens with one attached hydrogen (secondary N) is 2.